The maximum atomic E-state index is 13.3. The van der Waals surface area contributed by atoms with Gasteiger partial charge in [0.2, 0.25) is 11.8 Å². The molecule has 22 heteroatoms. The summed E-state index contributed by atoms with van der Waals surface area (Å²) in [7, 11) is 0. The Hall–Kier alpha value is -8.05. The highest BCUT2D eigenvalue weighted by Gasteiger charge is 2.21. The van der Waals surface area contributed by atoms with E-state index in [-0.39, 0.29) is 70.5 Å². The van der Waals surface area contributed by atoms with Crippen molar-refractivity contribution in [3.05, 3.63) is 108 Å². The van der Waals surface area contributed by atoms with Crippen LogP contribution < -0.4 is 59.8 Å². The molecule has 22 nitrogen and oxygen atoms in total. The van der Waals surface area contributed by atoms with E-state index in [9.17, 15) is 24.0 Å². The van der Waals surface area contributed by atoms with E-state index in [2.05, 4.69) is 46.4 Å². The second kappa shape index (κ2) is 23.4. The van der Waals surface area contributed by atoms with Crippen molar-refractivity contribution in [3.8, 4) is 11.5 Å². The van der Waals surface area contributed by atoms with Crippen molar-refractivity contribution in [1.82, 2.24) is 15.3 Å². The van der Waals surface area contributed by atoms with Gasteiger partial charge in [0, 0.05) is 5.56 Å². The normalized spacial score (nSPS) is 12.6. The molecule has 0 radical (unpaired) electrons. The lowest BCUT2D eigenvalue weighted by molar-refractivity contribution is -0.136. The fraction of sp³-hybridized carbons (Fsp3) is 0.233. The molecule has 0 aliphatic rings. The molecule has 0 fully saturated rings. The van der Waals surface area contributed by atoms with Crippen LogP contribution in [0.15, 0.2) is 118 Å². The standard InChI is InChI=1S/C43H49N15O7/c1-24(45)42(62)64-34-17-14-25(22-32(34)58-57-31-16-19-36(53-39(31)49)54-41(61)27(46)11-7-8-20-44)21-28(47)43(63)65-33-13-6-5-12-29(33)55-56-30-15-18-35(52-38(30)48)51-37(59)23-50-40(60)26-9-3-2-4-10-26/h2-6,9-10,12-19,22,24,27-28H,7-8,11,20-21,23,44-47H2,1H3,(H,50,60)(H3,48,51,52,59)(H3,49,53,54,61)/t24-,27-,28-/m0/s1. The lowest BCUT2D eigenvalue weighted by atomic mass is 10.1. The molecule has 0 spiro atoms. The minimum Gasteiger partial charge on any atom is -0.423 e. The Morgan fingerprint density at radius 3 is 1.88 bits per heavy atom. The number of azo groups is 2. The molecule has 3 atom stereocenters. The van der Waals surface area contributed by atoms with Gasteiger partial charge in [-0.3, -0.25) is 14.4 Å². The van der Waals surface area contributed by atoms with Crippen molar-refractivity contribution < 1.29 is 33.4 Å². The molecule has 5 aromatic rings. The topological polar surface area (TPSA) is 371 Å². The molecule has 0 saturated heterocycles. The highest BCUT2D eigenvalue weighted by molar-refractivity contribution is 5.99. The van der Waals surface area contributed by atoms with E-state index < -0.39 is 47.8 Å². The number of pyridine rings is 2. The average Bonchev–Trinajstić information content (AvgIpc) is 3.29. The Labute approximate surface area is 372 Å². The van der Waals surface area contributed by atoms with Gasteiger partial charge in [0.25, 0.3) is 5.91 Å². The third-order valence-corrected chi connectivity index (χ3v) is 9.05. The fourth-order valence-corrected chi connectivity index (χ4v) is 5.56. The van der Waals surface area contributed by atoms with E-state index in [1.54, 1.807) is 54.6 Å². The molecular weight excluding hydrogens is 839 g/mol. The third kappa shape index (κ3) is 14.5. The van der Waals surface area contributed by atoms with Crippen molar-refractivity contribution in [3.63, 3.8) is 0 Å². The lowest BCUT2D eigenvalue weighted by Gasteiger charge is -2.14. The number of para-hydroxylation sites is 1. The number of hydrogen-bond donors (Lipinski definition) is 9. The highest BCUT2D eigenvalue weighted by Crippen LogP contribution is 2.34. The van der Waals surface area contributed by atoms with Crippen LogP contribution in [0, 0.1) is 0 Å². The second-order valence-electron chi connectivity index (χ2n) is 14.3. The Kier molecular flexibility index (Phi) is 17.3. The Morgan fingerprint density at radius 1 is 0.646 bits per heavy atom. The highest BCUT2D eigenvalue weighted by atomic mass is 16.5. The molecule has 15 N–H and O–H groups in total. The van der Waals surface area contributed by atoms with Gasteiger partial charge >= 0.3 is 11.9 Å². The number of unbranched alkanes of at least 4 members (excludes halogenated alkanes) is 1. The first-order valence-corrected chi connectivity index (χ1v) is 20.1. The summed E-state index contributed by atoms with van der Waals surface area (Å²) in [6.07, 6.45) is 1.84. The Balaban J connectivity index is 1.22. The summed E-state index contributed by atoms with van der Waals surface area (Å²) >= 11 is 0. The first-order chi connectivity index (χ1) is 31.2. The summed E-state index contributed by atoms with van der Waals surface area (Å²) < 4.78 is 11.1. The molecule has 0 aliphatic heterocycles. The van der Waals surface area contributed by atoms with Gasteiger partial charge < -0.3 is 59.8 Å². The van der Waals surface area contributed by atoms with Gasteiger partial charge in [-0.2, -0.15) is 0 Å². The van der Waals surface area contributed by atoms with Gasteiger partial charge in [-0.05, 0) is 99.0 Å². The number of nitrogens with one attached hydrogen (secondary N) is 3. The van der Waals surface area contributed by atoms with Gasteiger partial charge in [-0.25, -0.2) is 19.6 Å². The van der Waals surface area contributed by atoms with E-state index in [0.717, 1.165) is 6.42 Å². The largest absolute Gasteiger partial charge is 0.423 e. The van der Waals surface area contributed by atoms with Gasteiger partial charge in [-0.15, -0.1) is 20.5 Å². The van der Waals surface area contributed by atoms with E-state index in [1.165, 1.54) is 49.4 Å². The Bertz CT molecular complexity index is 2550. The monoisotopic (exact) mass is 887 g/mol. The summed E-state index contributed by atoms with van der Waals surface area (Å²) in [5.74, 6) is -2.74. The van der Waals surface area contributed by atoms with Crippen molar-refractivity contribution in [2.24, 2.45) is 43.4 Å². The van der Waals surface area contributed by atoms with E-state index in [4.69, 9.17) is 43.9 Å². The van der Waals surface area contributed by atoms with Gasteiger partial charge in [0.15, 0.2) is 23.1 Å². The lowest BCUT2D eigenvalue weighted by Crippen LogP contribution is -2.36. The van der Waals surface area contributed by atoms with E-state index in [0.29, 0.717) is 30.5 Å². The number of rotatable bonds is 20. The van der Waals surface area contributed by atoms with Crippen LogP contribution in [0.1, 0.15) is 42.1 Å². The fourth-order valence-electron chi connectivity index (χ4n) is 5.56. The summed E-state index contributed by atoms with van der Waals surface area (Å²) in [6, 6.07) is 22.2. The van der Waals surface area contributed by atoms with Crippen LogP contribution in [0.2, 0.25) is 0 Å². The number of ether oxygens (including phenoxy) is 2. The zero-order chi connectivity index (χ0) is 46.9. The molecule has 5 rings (SSSR count). The molecular formula is C43H49N15O7. The number of nitrogen functional groups attached to an aromatic ring is 2. The van der Waals surface area contributed by atoms with E-state index in [1.807, 2.05) is 0 Å². The van der Waals surface area contributed by atoms with Gasteiger partial charge in [0.05, 0.1) is 12.6 Å². The molecule has 2 aromatic heterocycles. The van der Waals surface area contributed by atoms with Gasteiger partial charge in [-0.1, -0.05) is 42.8 Å². The molecule has 0 aliphatic carbocycles. The first kappa shape index (κ1) is 48.0. The number of carbonyl (C=O) groups is 5. The number of hydrogen-bond acceptors (Lipinski definition) is 19. The number of benzene rings is 3. The third-order valence-electron chi connectivity index (χ3n) is 9.05. The second-order valence-corrected chi connectivity index (χ2v) is 14.3. The van der Waals surface area contributed by atoms with Crippen LogP contribution in [0.25, 0.3) is 0 Å². The van der Waals surface area contributed by atoms with Crippen LogP contribution in [0.4, 0.5) is 46.0 Å². The molecule has 2 heterocycles. The quantitative estimate of drug-likeness (QED) is 0.0231. The van der Waals surface area contributed by atoms with Crippen molar-refractivity contribution in [2.45, 2.75) is 50.7 Å². The van der Waals surface area contributed by atoms with Crippen molar-refractivity contribution in [1.29, 1.82) is 0 Å². The SMILES string of the molecule is C[C@H](N)C(=O)Oc1ccc(C[C@H](N)C(=O)Oc2ccccc2N=Nc2ccc(NC(=O)CNC(=O)c3ccccc3)nc2N)cc1N=Nc1ccc(NC(=O)[C@@H](N)CCCCN)nc1N. The molecule has 0 saturated carbocycles. The number of aromatic nitrogens is 2. The number of anilines is 4. The smallest absolute Gasteiger partial charge is 0.328 e. The average molecular weight is 888 g/mol. The number of nitrogens with two attached hydrogens (primary N) is 6. The maximum absolute atomic E-state index is 13.3. The number of esters is 2. The molecule has 65 heavy (non-hydrogen) atoms. The predicted octanol–water partition coefficient (Wildman–Crippen LogP) is 3.96. The zero-order valence-electron chi connectivity index (χ0n) is 35.2. The number of amides is 3. The van der Waals surface area contributed by atoms with E-state index >= 15 is 0 Å². The van der Waals surface area contributed by atoms with Crippen LogP contribution >= 0.6 is 0 Å². The summed E-state index contributed by atoms with van der Waals surface area (Å²) in [5, 5.41) is 24.4. The summed E-state index contributed by atoms with van der Waals surface area (Å²) in [6.45, 7) is 1.65. The van der Waals surface area contributed by atoms with Crippen LogP contribution in [-0.2, 0) is 25.6 Å². The molecule has 0 unspecified atom stereocenters. The molecule has 338 valence electrons. The Morgan fingerprint density at radius 2 is 1.23 bits per heavy atom. The van der Waals surface area contributed by atoms with Gasteiger partial charge in [0.1, 0.15) is 46.5 Å². The molecule has 3 aromatic carbocycles. The number of nitrogens with zero attached hydrogens (tertiary/aromatic N) is 6. The van der Waals surface area contributed by atoms with Crippen molar-refractivity contribution in [2.75, 3.05) is 35.2 Å². The predicted molar refractivity (Wildman–Crippen MR) is 242 cm³/mol. The van der Waals surface area contributed by atoms with Crippen molar-refractivity contribution >= 4 is 75.7 Å². The first-order valence-electron chi connectivity index (χ1n) is 20.1. The summed E-state index contributed by atoms with van der Waals surface area (Å²) in [4.78, 5) is 71.2. The van der Waals surface area contributed by atoms with Crippen LogP contribution in [0.3, 0.4) is 0 Å². The zero-order valence-corrected chi connectivity index (χ0v) is 35.2. The summed E-state index contributed by atoms with van der Waals surface area (Å²) in [5.41, 5.74) is 37.1. The minimum absolute atomic E-state index is 0.00836. The molecule has 0 bridgehead atoms. The minimum atomic E-state index is -1.20. The maximum Gasteiger partial charge on any atom is 0.328 e. The molecule has 3 amide bonds. The van der Waals surface area contributed by atoms with Crippen LogP contribution in [0.5, 0.6) is 11.5 Å². The number of carbonyl (C=O) groups excluding carboxylic acids is 5. The van der Waals surface area contributed by atoms with Crippen LogP contribution in [-0.4, -0.2) is 70.8 Å².